The number of hydrogen-bond donors (Lipinski definition) is 3. The monoisotopic (exact) mass is 522 g/mol. The second-order valence-electron chi connectivity index (χ2n) is 11.2. The Bertz CT molecular complexity index is 1350. The SMILES string of the molecule is CC(C)(C)OC(=O)NCC1CCN(c2nc(Nc3ccc4c(c3)NC(=O)C(C)(C)O4)nc3ccoc23)CC1. The summed E-state index contributed by atoms with van der Waals surface area (Å²) >= 11 is 0. The highest BCUT2D eigenvalue weighted by Crippen LogP contribution is 2.36. The van der Waals surface area contributed by atoms with Gasteiger partial charge in [-0.15, -0.1) is 0 Å². The molecule has 1 fully saturated rings. The van der Waals surface area contributed by atoms with Gasteiger partial charge in [-0.05, 0) is 71.6 Å². The number of ether oxygens (including phenoxy) is 2. The first kappa shape index (κ1) is 25.6. The number of carbonyl (C=O) groups is 2. The van der Waals surface area contributed by atoms with Crippen molar-refractivity contribution in [3.63, 3.8) is 0 Å². The topological polar surface area (TPSA) is 131 Å². The number of piperidine rings is 1. The number of benzene rings is 1. The van der Waals surface area contributed by atoms with Gasteiger partial charge in [-0.2, -0.15) is 4.98 Å². The molecule has 2 aromatic heterocycles. The molecule has 4 heterocycles. The van der Waals surface area contributed by atoms with E-state index < -0.39 is 11.2 Å². The van der Waals surface area contributed by atoms with E-state index in [1.54, 1.807) is 26.2 Å². The summed E-state index contributed by atoms with van der Waals surface area (Å²) < 4.78 is 16.9. The van der Waals surface area contributed by atoms with Crippen LogP contribution in [0.15, 0.2) is 34.9 Å². The third-order valence-corrected chi connectivity index (χ3v) is 6.53. The number of rotatable bonds is 5. The third kappa shape index (κ3) is 5.61. The van der Waals surface area contributed by atoms with Crippen LogP contribution in [-0.2, 0) is 9.53 Å². The van der Waals surface area contributed by atoms with Crippen molar-refractivity contribution in [1.82, 2.24) is 15.3 Å². The number of nitrogens with zero attached hydrogens (tertiary/aromatic N) is 3. The van der Waals surface area contributed by atoms with Crippen molar-refractivity contribution < 1.29 is 23.5 Å². The first-order chi connectivity index (χ1) is 18.0. The maximum Gasteiger partial charge on any atom is 0.407 e. The number of fused-ring (bicyclic) bond motifs is 2. The molecule has 0 bridgehead atoms. The maximum absolute atomic E-state index is 12.3. The van der Waals surface area contributed by atoms with Crippen molar-refractivity contribution >= 4 is 46.2 Å². The molecule has 2 amide bonds. The summed E-state index contributed by atoms with van der Waals surface area (Å²) in [6.07, 6.45) is 3.01. The van der Waals surface area contributed by atoms with Gasteiger partial charge in [0.05, 0.1) is 12.0 Å². The van der Waals surface area contributed by atoms with Crippen LogP contribution in [0, 0.1) is 5.92 Å². The average molecular weight is 523 g/mol. The van der Waals surface area contributed by atoms with Gasteiger partial charge in [-0.25, -0.2) is 9.78 Å². The number of alkyl carbamates (subject to hydrolysis) is 1. The molecular formula is C27H34N6O5. The Morgan fingerprint density at radius 3 is 2.71 bits per heavy atom. The van der Waals surface area contributed by atoms with E-state index in [9.17, 15) is 9.59 Å². The van der Waals surface area contributed by atoms with E-state index in [4.69, 9.17) is 18.9 Å². The van der Waals surface area contributed by atoms with E-state index >= 15 is 0 Å². The highest BCUT2D eigenvalue weighted by molar-refractivity contribution is 6.00. The van der Waals surface area contributed by atoms with Crippen LogP contribution in [0.5, 0.6) is 5.75 Å². The molecule has 0 spiro atoms. The lowest BCUT2D eigenvalue weighted by Gasteiger charge is -2.33. The van der Waals surface area contributed by atoms with Gasteiger partial charge in [0.15, 0.2) is 17.0 Å². The number of nitrogens with one attached hydrogen (secondary N) is 3. The fraction of sp³-hybridized carbons (Fsp3) is 0.481. The number of carbonyl (C=O) groups excluding carboxylic acids is 2. The van der Waals surface area contributed by atoms with Gasteiger partial charge in [0.25, 0.3) is 5.91 Å². The first-order valence-corrected chi connectivity index (χ1v) is 12.9. The fourth-order valence-corrected chi connectivity index (χ4v) is 4.53. The minimum atomic E-state index is -0.925. The Hall–Kier alpha value is -4.02. The standard InChI is InChI=1S/C27H34N6O5/c1-26(2,3)38-25(35)28-15-16-8-11-33(12-9-16)22-21-18(10-13-36-21)31-24(32-22)29-17-6-7-20-19(14-17)30-23(34)27(4,5)37-20/h6-7,10,13-14,16H,8-9,11-12,15H2,1-5H3,(H,28,35)(H,30,34)(H,29,31,32). The number of hydrogen-bond acceptors (Lipinski definition) is 9. The molecule has 5 rings (SSSR count). The molecule has 1 saturated heterocycles. The van der Waals surface area contributed by atoms with Gasteiger partial charge < -0.3 is 34.7 Å². The molecule has 0 aliphatic carbocycles. The molecular weight excluding hydrogens is 488 g/mol. The van der Waals surface area contributed by atoms with Gasteiger partial charge in [0.2, 0.25) is 5.95 Å². The highest BCUT2D eigenvalue weighted by Gasteiger charge is 2.35. The van der Waals surface area contributed by atoms with E-state index in [2.05, 4.69) is 25.8 Å². The molecule has 3 aromatic rings. The molecule has 2 aliphatic heterocycles. The van der Waals surface area contributed by atoms with Crippen LogP contribution in [0.2, 0.25) is 0 Å². The Morgan fingerprint density at radius 1 is 1.21 bits per heavy atom. The summed E-state index contributed by atoms with van der Waals surface area (Å²) in [6, 6.07) is 7.28. The number of anilines is 4. The zero-order valence-electron chi connectivity index (χ0n) is 22.4. The van der Waals surface area contributed by atoms with E-state index in [-0.39, 0.29) is 12.0 Å². The Balaban J connectivity index is 1.27. The van der Waals surface area contributed by atoms with Gasteiger partial charge in [-0.3, -0.25) is 4.79 Å². The molecule has 0 unspecified atom stereocenters. The minimum Gasteiger partial charge on any atom is -0.476 e. The van der Waals surface area contributed by atoms with Crippen LogP contribution in [-0.4, -0.2) is 52.8 Å². The Kier molecular flexibility index (Phi) is 6.54. The summed E-state index contributed by atoms with van der Waals surface area (Å²) in [6.45, 7) is 11.1. The molecule has 0 saturated carbocycles. The molecule has 3 N–H and O–H groups in total. The zero-order chi connectivity index (χ0) is 27.1. The van der Waals surface area contributed by atoms with Crippen molar-refractivity contribution in [3.8, 4) is 5.75 Å². The molecule has 2 aliphatic rings. The van der Waals surface area contributed by atoms with Crippen molar-refractivity contribution in [2.75, 3.05) is 35.2 Å². The van der Waals surface area contributed by atoms with Gasteiger partial charge in [-0.1, -0.05) is 0 Å². The van der Waals surface area contributed by atoms with Crippen LogP contribution in [0.4, 0.5) is 27.9 Å². The fourth-order valence-electron chi connectivity index (χ4n) is 4.53. The third-order valence-electron chi connectivity index (χ3n) is 6.53. The minimum absolute atomic E-state index is 0.204. The normalized spacial score (nSPS) is 17.4. The molecule has 11 nitrogen and oxygen atoms in total. The van der Waals surface area contributed by atoms with Gasteiger partial charge in [0.1, 0.15) is 16.9 Å². The number of amides is 2. The molecule has 202 valence electrons. The van der Waals surface area contributed by atoms with E-state index in [0.717, 1.165) is 31.7 Å². The van der Waals surface area contributed by atoms with Crippen LogP contribution < -0.4 is 25.6 Å². The average Bonchev–Trinajstić information content (AvgIpc) is 3.31. The summed E-state index contributed by atoms with van der Waals surface area (Å²) in [5.74, 6) is 1.90. The van der Waals surface area contributed by atoms with Crippen LogP contribution >= 0.6 is 0 Å². The lowest BCUT2D eigenvalue weighted by atomic mass is 9.97. The predicted molar refractivity (Wildman–Crippen MR) is 144 cm³/mol. The molecule has 0 atom stereocenters. The van der Waals surface area contributed by atoms with Crippen molar-refractivity contribution in [3.05, 3.63) is 30.5 Å². The summed E-state index contributed by atoms with van der Waals surface area (Å²) in [5, 5.41) is 9.03. The highest BCUT2D eigenvalue weighted by atomic mass is 16.6. The summed E-state index contributed by atoms with van der Waals surface area (Å²) in [7, 11) is 0. The van der Waals surface area contributed by atoms with Crippen molar-refractivity contribution in [1.29, 1.82) is 0 Å². The zero-order valence-corrected chi connectivity index (χ0v) is 22.4. The Labute approximate surface area is 221 Å². The number of aromatic nitrogens is 2. The predicted octanol–water partition coefficient (Wildman–Crippen LogP) is 4.82. The quantitative estimate of drug-likeness (QED) is 0.432. The van der Waals surface area contributed by atoms with E-state index in [1.165, 1.54) is 0 Å². The van der Waals surface area contributed by atoms with Crippen LogP contribution in [0.1, 0.15) is 47.5 Å². The molecule has 11 heteroatoms. The van der Waals surface area contributed by atoms with Gasteiger partial charge >= 0.3 is 6.09 Å². The smallest absolute Gasteiger partial charge is 0.407 e. The molecule has 1 aromatic carbocycles. The second-order valence-corrected chi connectivity index (χ2v) is 11.2. The summed E-state index contributed by atoms with van der Waals surface area (Å²) in [5.41, 5.74) is 1.19. The maximum atomic E-state index is 12.3. The van der Waals surface area contributed by atoms with Crippen LogP contribution in [0.25, 0.3) is 11.1 Å². The van der Waals surface area contributed by atoms with Crippen molar-refractivity contribution in [2.24, 2.45) is 5.92 Å². The Morgan fingerprint density at radius 2 is 1.97 bits per heavy atom. The van der Waals surface area contributed by atoms with Crippen LogP contribution in [0.3, 0.4) is 0 Å². The first-order valence-electron chi connectivity index (χ1n) is 12.9. The van der Waals surface area contributed by atoms with Gasteiger partial charge in [0, 0.05) is 31.4 Å². The molecule has 38 heavy (non-hydrogen) atoms. The number of furan rings is 1. The summed E-state index contributed by atoms with van der Waals surface area (Å²) in [4.78, 5) is 35.9. The van der Waals surface area contributed by atoms with E-state index in [0.29, 0.717) is 46.6 Å². The second kappa shape index (κ2) is 9.70. The van der Waals surface area contributed by atoms with E-state index in [1.807, 2.05) is 39.0 Å². The van der Waals surface area contributed by atoms with Crippen molar-refractivity contribution in [2.45, 2.75) is 58.7 Å². The lowest BCUT2D eigenvalue weighted by Crippen LogP contribution is -2.45. The largest absolute Gasteiger partial charge is 0.476 e. The lowest BCUT2D eigenvalue weighted by molar-refractivity contribution is -0.129. The molecule has 0 radical (unpaired) electrons.